The molecule has 0 radical (unpaired) electrons. The van der Waals surface area contributed by atoms with Crippen molar-refractivity contribution < 1.29 is 18.5 Å². The van der Waals surface area contributed by atoms with E-state index in [1.807, 2.05) is 37.3 Å². The standard InChI is InChI=1S/C21H27N5O4/c1-5-28-9-8-26-18-6-7-25(19(27)10-16-14(3)24-30-15(16)4)12-17(18)20(23-26)21-22-11-13(2)29-21/h11H,5-10,12H2,1-4H3. The van der Waals surface area contributed by atoms with Crippen LogP contribution in [0.2, 0.25) is 0 Å². The second kappa shape index (κ2) is 8.43. The third kappa shape index (κ3) is 3.89. The molecule has 1 aliphatic heterocycles. The van der Waals surface area contributed by atoms with E-state index in [4.69, 9.17) is 18.8 Å². The van der Waals surface area contributed by atoms with E-state index in [-0.39, 0.29) is 12.3 Å². The van der Waals surface area contributed by atoms with Gasteiger partial charge in [0.05, 0.1) is 31.5 Å². The second-order valence-corrected chi connectivity index (χ2v) is 7.51. The topological polar surface area (TPSA) is 99.4 Å². The lowest BCUT2D eigenvalue weighted by atomic mass is 10.0. The second-order valence-electron chi connectivity index (χ2n) is 7.51. The van der Waals surface area contributed by atoms with Crippen molar-refractivity contribution in [2.45, 2.75) is 53.6 Å². The summed E-state index contributed by atoms with van der Waals surface area (Å²) < 4.78 is 18.4. The van der Waals surface area contributed by atoms with E-state index in [9.17, 15) is 4.79 Å². The number of aryl methyl sites for hydroxylation is 3. The molecule has 0 atom stereocenters. The highest BCUT2D eigenvalue weighted by atomic mass is 16.5. The van der Waals surface area contributed by atoms with E-state index in [1.165, 1.54) is 0 Å². The summed E-state index contributed by atoms with van der Waals surface area (Å²) in [5.74, 6) is 1.95. The predicted molar refractivity (Wildman–Crippen MR) is 108 cm³/mol. The Morgan fingerprint density at radius 2 is 2.13 bits per heavy atom. The minimum absolute atomic E-state index is 0.0478. The fourth-order valence-corrected chi connectivity index (χ4v) is 3.84. The van der Waals surface area contributed by atoms with Gasteiger partial charge in [-0.2, -0.15) is 5.10 Å². The molecule has 3 aromatic rings. The van der Waals surface area contributed by atoms with Crippen molar-refractivity contribution in [3.8, 4) is 11.6 Å². The molecular weight excluding hydrogens is 386 g/mol. The fourth-order valence-electron chi connectivity index (χ4n) is 3.84. The molecule has 4 rings (SSSR count). The Hall–Kier alpha value is -2.94. The fraction of sp³-hybridized carbons (Fsp3) is 0.524. The molecule has 160 valence electrons. The molecule has 9 nitrogen and oxygen atoms in total. The lowest BCUT2D eigenvalue weighted by Crippen LogP contribution is -2.37. The number of hydrogen-bond donors (Lipinski definition) is 0. The molecular formula is C21H27N5O4. The Balaban J connectivity index is 1.60. The predicted octanol–water partition coefficient (Wildman–Crippen LogP) is 2.62. The van der Waals surface area contributed by atoms with Gasteiger partial charge in [-0.1, -0.05) is 5.16 Å². The van der Waals surface area contributed by atoms with Crippen LogP contribution in [-0.4, -0.2) is 50.5 Å². The molecule has 0 spiro atoms. The highest BCUT2D eigenvalue weighted by Crippen LogP contribution is 2.30. The molecule has 0 saturated carbocycles. The number of fused-ring (bicyclic) bond motifs is 1. The van der Waals surface area contributed by atoms with E-state index in [1.54, 1.807) is 6.20 Å². The minimum atomic E-state index is 0.0478. The van der Waals surface area contributed by atoms with Crippen molar-refractivity contribution >= 4 is 5.91 Å². The molecule has 4 heterocycles. The average molecular weight is 413 g/mol. The number of ether oxygens (including phenoxy) is 1. The molecule has 0 fully saturated rings. The van der Waals surface area contributed by atoms with Gasteiger partial charge in [0.15, 0.2) is 5.69 Å². The Morgan fingerprint density at radius 1 is 1.30 bits per heavy atom. The smallest absolute Gasteiger partial charge is 0.247 e. The van der Waals surface area contributed by atoms with Gasteiger partial charge in [-0.3, -0.25) is 9.48 Å². The van der Waals surface area contributed by atoms with Gasteiger partial charge >= 0.3 is 0 Å². The summed E-state index contributed by atoms with van der Waals surface area (Å²) in [6, 6.07) is 0. The zero-order chi connectivity index (χ0) is 21.3. The Kier molecular flexibility index (Phi) is 5.72. The monoisotopic (exact) mass is 413 g/mol. The molecule has 0 aromatic carbocycles. The summed E-state index contributed by atoms with van der Waals surface area (Å²) in [7, 11) is 0. The SMILES string of the molecule is CCOCCn1nc(-c2ncc(C)o2)c2c1CCN(C(=O)Cc1c(C)noc1C)C2. The molecule has 30 heavy (non-hydrogen) atoms. The van der Waals surface area contributed by atoms with Crippen molar-refractivity contribution in [1.82, 2.24) is 24.8 Å². The van der Waals surface area contributed by atoms with Crippen LogP contribution in [0.15, 0.2) is 15.1 Å². The van der Waals surface area contributed by atoms with E-state index in [0.717, 1.165) is 34.7 Å². The van der Waals surface area contributed by atoms with Crippen molar-refractivity contribution in [1.29, 1.82) is 0 Å². The first-order chi connectivity index (χ1) is 14.5. The van der Waals surface area contributed by atoms with Crippen molar-refractivity contribution in [3.63, 3.8) is 0 Å². The van der Waals surface area contributed by atoms with Gasteiger partial charge in [-0.05, 0) is 27.7 Å². The van der Waals surface area contributed by atoms with Crippen LogP contribution in [0.1, 0.15) is 41.0 Å². The minimum Gasteiger partial charge on any atom is -0.440 e. The highest BCUT2D eigenvalue weighted by Gasteiger charge is 2.30. The summed E-state index contributed by atoms with van der Waals surface area (Å²) >= 11 is 0. The lowest BCUT2D eigenvalue weighted by molar-refractivity contribution is -0.131. The summed E-state index contributed by atoms with van der Waals surface area (Å²) in [5, 5.41) is 8.72. The first-order valence-corrected chi connectivity index (χ1v) is 10.3. The maximum Gasteiger partial charge on any atom is 0.247 e. The van der Waals surface area contributed by atoms with Crippen molar-refractivity contribution in [3.05, 3.63) is 40.2 Å². The van der Waals surface area contributed by atoms with Gasteiger partial charge < -0.3 is 18.6 Å². The van der Waals surface area contributed by atoms with Crippen LogP contribution in [0.25, 0.3) is 11.6 Å². The molecule has 1 amide bonds. The number of aromatic nitrogens is 4. The van der Waals surface area contributed by atoms with Gasteiger partial charge in [0.25, 0.3) is 0 Å². The average Bonchev–Trinajstić information content (AvgIpc) is 3.41. The summed E-state index contributed by atoms with van der Waals surface area (Å²) in [5.41, 5.74) is 4.43. The van der Waals surface area contributed by atoms with Crippen LogP contribution in [0, 0.1) is 20.8 Å². The number of carbonyl (C=O) groups excluding carboxylic acids is 1. The van der Waals surface area contributed by atoms with E-state index in [0.29, 0.717) is 50.2 Å². The third-order valence-electron chi connectivity index (χ3n) is 5.47. The summed E-state index contributed by atoms with van der Waals surface area (Å²) in [6.45, 7) is 10.5. The molecule has 3 aromatic heterocycles. The van der Waals surface area contributed by atoms with E-state index < -0.39 is 0 Å². The zero-order valence-corrected chi connectivity index (χ0v) is 17.9. The number of rotatable bonds is 7. The van der Waals surface area contributed by atoms with Crippen LogP contribution in [0.3, 0.4) is 0 Å². The Labute approximate surface area is 175 Å². The Bertz CT molecular complexity index is 1030. The van der Waals surface area contributed by atoms with Crippen LogP contribution in [-0.2, 0) is 35.5 Å². The van der Waals surface area contributed by atoms with Gasteiger partial charge in [-0.25, -0.2) is 4.98 Å². The normalized spacial score (nSPS) is 13.7. The lowest BCUT2D eigenvalue weighted by Gasteiger charge is -2.28. The van der Waals surface area contributed by atoms with Crippen LogP contribution in [0.4, 0.5) is 0 Å². The third-order valence-corrected chi connectivity index (χ3v) is 5.47. The van der Waals surface area contributed by atoms with Crippen molar-refractivity contribution in [2.24, 2.45) is 0 Å². The first-order valence-electron chi connectivity index (χ1n) is 10.3. The molecule has 0 aliphatic carbocycles. The number of oxazole rings is 1. The number of carbonyl (C=O) groups is 1. The molecule has 0 N–H and O–H groups in total. The largest absolute Gasteiger partial charge is 0.440 e. The van der Waals surface area contributed by atoms with Gasteiger partial charge in [-0.15, -0.1) is 0 Å². The van der Waals surface area contributed by atoms with Crippen molar-refractivity contribution in [2.75, 3.05) is 19.8 Å². The molecule has 1 aliphatic rings. The quantitative estimate of drug-likeness (QED) is 0.549. The van der Waals surface area contributed by atoms with E-state index in [2.05, 4.69) is 10.1 Å². The molecule has 9 heteroatoms. The van der Waals surface area contributed by atoms with Crippen LogP contribution in [0.5, 0.6) is 0 Å². The van der Waals surface area contributed by atoms with Gasteiger partial charge in [0.1, 0.15) is 11.5 Å². The number of hydrogen-bond acceptors (Lipinski definition) is 7. The summed E-state index contributed by atoms with van der Waals surface area (Å²) in [6.07, 6.45) is 2.69. The molecule has 0 bridgehead atoms. The number of nitrogens with zero attached hydrogens (tertiary/aromatic N) is 5. The molecule has 0 saturated heterocycles. The van der Waals surface area contributed by atoms with E-state index >= 15 is 0 Å². The summed E-state index contributed by atoms with van der Waals surface area (Å²) in [4.78, 5) is 19.2. The maximum absolute atomic E-state index is 13.0. The molecule has 0 unspecified atom stereocenters. The highest BCUT2D eigenvalue weighted by molar-refractivity contribution is 5.80. The number of amides is 1. The van der Waals surface area contributed by atoms with Gasteiger partial charge in [0.2, 0.25) is 11.8 Å². The van der Waals surface area contributed by atoms with Crippen LogP contribution < -0.4 is 0 Å². The maximum atomic E-state index is 13.0. The van der Waals surface area contributed by atoms with Gasteiger partial charge in [0, 0.05) is 42.9 Å². The first kappa shape index (κ1) is 20.3. The van der Waals surface area contributed by atoms with Crippen LogP contribution >= 0.6 is 0 Å². The zero-order valence-electron chi connectivity index (χ0n) is 17.9. The Morgan fingerprint density at radius 3 is 2.80 bits per heavy atom.